The van der Waals surface area contributed by atoms with Gasteiger partial charge in [0.2, 0.25) is 0 Å². The second kappa shape index (κ2) is 12.4. The molecule has 0 N–H and O–H groups in total. The van der Waals surface area contributed by atoms with Crippen LogP contribution in [-0.2, 0) is 5.41 Å². The van der Waals surface area contributed by atoms with E-state index in [0.29, 0.717) is 0 Å². The van der Waals surface area contributed by atoms with Gasteiger partial charge in [-0.15, -0.1) is 0 Å². The first kappa shape index (κ1) is 33.7. The molecule has 10 aromatic carbocycles. The minimum Gasteiger partial charge on any atom is -0.457 e. The third-order valence-electron chi connectivity index (χ3n) is 13.7. The van der Waals surface area contributed by atoms with Gasteiger partial charge in [-0.3, -0.25) is 0 Å². The fourth-order valence-electron chi connectivity index (χ4n) is 11.1. The van der Waals surface area contributed by atoms with Crippen LogP contribution in [0.5, 0.6) is 11.5 Å². The number of furan rings is 1. The van der Waals surface area contributed by atoms with E-state index in [-0.39, 0.29) is 0 Å². The van der Waals surface area contributed by atoms with Crippen LogP contribution < -0.4 is 4.74 Å². The molecule has 3 heteroatoms. The normalized spacial score (nSPS) is 13.4. The second-order valence-electron chi connectivity index (χ2n) is 16.7. The summed E-state index contributed by atoms with van der Waals surface area (Å²) in [4.78, 5) is 0. The van der Waals surface area contributed by atoms with Crippen molar-refractivity contribution < 1.29 is 9.15 Å². The molecule has 0 unspecified atom stereocenters. The molecule has 3 heterocycles. The molecule has 1 aliphatic carbocycles. The smallest absolute Gasteiger partial charge is 0.136 e. The summed E-state index contributed by atoms with van der Waals surface area (Å²) < 4.78 is 15.9. The summed E-state index contributed by atoms with van der Waals surface area (Å²) in [6.45, 7) is 0. The van der Waals surface area contributed by atoms with Crippen molar-refractivity contribution in [2.45, 2.75) is 5.41 Å². The predicted molar refractivity (Wildman–Crippen MR) is 254 cm³/mol. The molecule has 2 aliphatic rings. The average Bonchev–Trinajstić information content (AvgIpc) is 3.97. The molecule has 62 heavy (non-hydrogen) atoms. The van der Waals surface area contributed by atoms with Crippen LogP contribution in [0.1, 0.15) is 22.3 Å². The molecule has 0 saturated carbocycles. The predicted octanol–water partition coefficient (Wildman–Crippen LogP) is 15.6. The Bertz CT molecular complexity index is 3810. The molecular weight excluding hydrogens is 755 g/mol. The number of hydrogen-bond acceptors (Lipinski definition) is 2. The third kappa shape index (κ3) is 4.44. The van der Waals surface area contributed by atoms with E-state index in [1.807, 2.05) is 12.1 Å². The lowest BCUT2D eigenvalue weighted by Gasteiger charge is -2.39. The van der Waals surface area contributed by atoms with Crippen LogP contribution in [0, 0.1) is 0 Å². The summed E-state index contributed by atoms with van der Waals surface area (Å²) in [5.74, 6) is 1.77. The van der Waals surface area contributed by atoms with E-state index in [2.05, 4.69) is 205 Å². The summed E-state index contributed by atoms with van der Waals surface area (Å²) >= 11 is 0. The first-order valence-corrected chi connectivity index (χ1v) is 21.3. The number of hydrogen-bond donors (Lipinski definition) is 0. The van der Waals surface area contributed by atoms with Gasteiger partial charge in [-0.1, -0.05) is 170 Å². The van der Waals surface area contributed by atoms with Gasteiger partial charge in [-0.05, 0) is 86.8 Å². The molecule has 14 rings (SSSR count). The summed E-state index contributed by atoms with van der Waals surface area (Å²) in [6, 6.07) is 77.2. The molecule has 1 spiro atoms. The van der Waals surface area contributed by atoms with Crippen LogP contribution in [0.15, 0.2) is 217 Å². The highest BCUT2D eigenvalue weighted by Gasteiger charge is 2.50. The topological polar surface area (TPSA) is 27.3 Å². The highest BCUT2D eigenvalue weighted by atomic mass is 16.5. The van der Waals surface area contributed by atoms with E-state index in [1.54, 1.807) is 0 Å². The van der Waals surface area contributed by atoms with Crippen molar-refractivity contribution in [3.05, 3.63) is 235 Å². The Balaban J connectivity index is 1.01. The Hall–Kier alpha value is -8.14. The number of para-hydroxylation sites is 3. The Morgan fingerprint density at radius 2 is 0.952 bits per heavy atom. The quantitative estimate of drug-likeness (QED) is 0.178. The van der Waals surface area contributed by atoms with Gasteiger partial charge >= 0.3 is 0 Å². The summed E-state index contributed by atoms with van der Waals surface area (Å²) in [5.41, 5.74) is 16.7. The first-order valence-electron chi connectivity index (χ1n) is 21.3. The molecular formula is C59H35NO2. The summed E-state index contributed by atoms with van der Waals surface area (Å²) in [5, 5.41) is 7.06. The van der Waals surface area contributed by atoms with Gasteiger partial charge in [0.25, 0.3) is 0 Å². The molecule has 2 aromatic heterocycles. The van der Waals surface area contributed by atoms with Crippen molar-refractivity contribution in [1.82, 2.24) is 4.57 Å². The average molecular weight is 790 g/mol. The number of nitrogens with zero attached hydrogens (tertiary/aromatic N) is 1. The summed E-state index contributed by atoms with van der Waals surface area (Å²) in [7, 11) is 0. The zero-order valence-corrected chi connectivity index (χ0v) is 33.5. The van der Waals surface area contributed by atoms with Crippen LogP contribution in [0.25, 0.3) is 93.6 Å². The van der Waals surface area contributed by atoms with Crippen LogP contribution in [0.3, 0.4) is 0 Å². The Morgan fingerprint density at radius 3 is 1.82 bits per heavy atom. The second-order valence-corrected chi connectivity index (χ2v) is 16.7. The lowest BCUT2D eigenvalue weighted by molar-refractivity contribution is 0.436. The van der Waals surface area contributed by atoms with Crippen molar-refractivity contribution in [1.29, 1.82) is 0 Å². The minimum atomic E-state index is -0.498. The third-order valence-corrected chi connectivity index (χ3v) is 13.7. The number of rotatable bonds is 3. The van der Waals surface area contributed by atoms with E-state index < -0.39 is 5.41 Å². The number of benzene rings is 10. The molecule has 288 valence electrons. The van der Waals surface area contributed by atoms with Crippen molar-refractivity contribution in [2.24, 2.45) is 0 Å². The van der Waals surface area contributed by atoms with Crippen molar-refractivity contribution >= 4 is 54.5 Å². The van der Waals surface area contributed by atoms with E-state index in [1.165, 1.54) is 49.4 Å². The van der Waals surface area contributed by atoms with E-state index in [4.69, 9.17) is 9.15 Å². The van der Waals surface area contributed by atoms with Gasteiger partial charge in [0, 0.05) is 43.6 Å². The van der Waals surface area contributed by atoms with Crippen molar-refractivity contribution in [3.8, 4) is 50.6 Å². The maximum Gasteiger partial charge on any atom is 0.136 e. The molecule has 3 nitrogen and oxygen atoms in total. The Labute approximate surface area is 357 Å². The van der Waals surface area contributed by atoms with Gasteiger partial charge < -0.3 is 13.7 Å². The highest BCUT2D eigenvalue weighted by molar-refractivity contribution is 6.16. The SMILES string of the molecule is c1ccc2c(c1)Oc1cc(-c3ccc4c5cccc(-c6ccc7c(c6)oc6ccccc67)c5n(-c5cccc6ccccc56)c4c3)ccc1C21c2ccccc2-c2ccccc21. The molecule has 0 radical (unpaired) electrons. The monoisotopic (exact) mass is 789 g/mol. The van der Waals surface area contributed by atoms with E-state index >= 15 is 0 Å². The summed E-state index contributed by atoms with van der Waals surface area (Å²) in [6.07, 6.45) is 0. The molecule has 12 aromatic rings. The first-order chi connectivity index (χ1) is 30.7. The highest BCUT2D eigenvalue weighted by Crippen LogP contribution is 2.62. The molecule has 1 aliphatic heterocycles. The standard InChI is InChI=1S/C59H35NO2/c1-2-15-40-36(13-1)14-11-24-52(40)60-53-33-37(27-30-44(53)47-20-12-19-41(58(47)60)39-28-31-46-45-18-5-9-25-54(45)61-56(46)35-39)38-29-32-51-57(34-38)62-55-26-10-8-23-50(55)59(51)48-21-6-3-16-42(48)43-17-4-7-22-49(43)59/h1-35H. The molecule has 0 atom stereocenters. The number of ether oxygens (including phenoxy) is 1. The zero-order chi connectivity index (χ0) is 40.5. The van der Waals surface area contributed by atoms with Gasteiger partial charge in [-0.2, -0.15) is 0 Å². The lowest BCUT2D eigenvalue weighted by Crippen LogP contribution is -2.32. The zero-order valence-electron chi connectivity index (χ0n) is 33.5. The van der Waals surface area contributed by atoms with Gasteiger partial charge in [0.1, 0.15) is 22.7 Å². The Kier molecular flexibility index (Phi) is 6.76. The van der Waals surface area contributed by atoms with Crippen LogP contribution in [-0.4, -0.2) is 4.57 Å². The molecule has 0 saturated heterocycles. The van der Waals surface area contributed by atoms with Crippen LogP contribution in [0.2, 0.25) is 0 Å². The molecule has 0 amide bonds. The fourth-order valence-corrected chi connectivity index (χ4v) is 11.1. The van der Waals surface area contributed by atoms with Crippen molar-refractivity contribution in [2.75, 3.05) is 0 Å². The molecule has 0 bridgehead atoms. The van der Waals surface area contributed by atoms with Gasteiger partial charge in [0.15, 0.2) is 0 Å². The van der Waals surface area contributed by atoms with Gasteiger partial charge in [0.05, 0.1) is 22.1 Å². The Morgan fingerprint density at radius 1 is 0.355 bits per heavy atom. The lowest BCUT2D eigenvalue weighted by atomic mass is 9.66. The number of aromatic nitrogens is 1. The van der Waals surface area contributed by atoms with E-state index in [9.17, 15) is 0 Å². The maximum atomic E-state index is 6.93. The van der Waals surface area contributed by atoms with Crippen LogP contribution >= 0.6 is 0 Å². The number of fused-ring (bicyclic) bond motifs is 16. The van der Waals surface area contributed by atoms with Gasteiger partial charge in [-0.25, -0.2) is 0 Å². The largest absolute Gasteiger partial charge is 0.457 e. The maximum absolute atomic E-state index is 6.93. The van der Waals surface area contributed by atoms with Crippen molar-refractivity contribution in [3.63, 3.8) is 0 Å². The minimum absolute atomic E-state index is 0.498. The fraction of sp³-hybridized carbons (Fsp3) is 0.0169. The molecule has 0 fully saturated rings. The van der Waals surface area contributed by atoms with E-state index in [0.717, 1.165) is 78.0 Å². The van der Waals surface area contributed by atoms with Crippen LogP contribution in [0.4, 0.5) is 0 Å².